The SMILES string of the molecule is O=C(NC1CCCCC1)C(C1CCCCC1)n1c([C@H](O)c2ccc(Cl)cc2)nc2cc(F)c(F)cc21. The number of fused-ring (bicyclic) bond motifs is 1. The summed E-state index contributed by atoms with van der Waals surface area (Å²) in [4.78, 5) is 18.5. The molecule has 1 amide bonds. The van der Waals surface area contributed by atoms with Crippen LogP contribution in [0.2, 0.25) is 5.02 Å². The number of aliphatic hydroxyl groups is 1. The van der Waals surface area contributed by atoms with Gasteiger partial charge in [0.1, 0.15) is 18.0 Å². The second-order valence-corrected chi connectivity index (χ2v) is 10.7. The second-order valence-electron chi connectivity index (χ2n) is 10.2. The molecule has 0 radical (unpaired) electrons. The number of hydrogen-bond acceptors (Lipinski definition) is 3. The van der Waals surface area contributed by atoms with Gasteiger partial charge in [-0.15, -0.1) is 0 Å². The van der Waals surface area contributed by atoms with Gasteiger partial charge >= 0.3 is 0 Å². The highest BCUT2D eigenvalue weighted by Gasteiger charge is 2.37. The maximum Gasteiger partial charge on any atom is 0.243 e. The van der Waals surface area contributed by atoms with Crippen molar-refractivity contribution in [1.29, 1.82) is 0 Å². The molecule has 2 N–H and O–H groups in total. The molecule has 192 valence electrons. The molecule has 2 fully saturated rings. The molecule has 1 unspecified atom stereocenters. The molecule has 2 aromatic carbocycles. The van der Waals surface area contributed by atoms with E-state index >= 15 is 0 Å². The molecule has 36 heavy (non-hydrogen) atoms. The van der Waals surface area contributed by atoms with Crippen molar-refractivity contribution in [3.8, 4) is 0 Å². The van der Waals surface area contributed by atoms with Gasteiger partial charge in [-0.2, -0.15) is 0 Å². The first kappa shape index (κ1) is 25.2. The van der Waals surface area contributed by atoms with Gasteiger partial charge in [-0.3, -0.25) is 4.79 Å². The molecule has 8 heteroatoms. The highest BCUT2D eigenvalue weighted by molar-refractivity contribution is 6.30. The lowest BCUT2D eigenvalue weighted by atomic mass is 9.82. The molecule has 2 aliphatic rings. The number of aromatic nitrogens is 2. The minimum atomic E-state index is -1.20. The number of amides is 1. The lowest BCUT2D eigenvalue weighted by Gasteiger charge is -2.34. The summed E-state index contributed by atoms with van der Waals surface area (Å²) in [7, 11) is 0. The molecule has 2 aliphatic carbocycles. The Bertz CT molecular complexity index is 1220. The Hall–Kier alpha value is -2.51. The van der Waals surface area contributed by atoms with E-state index in [9.17, 15) is 18.7 Å². The highest BCUT2D eigenvalue weighted by Crippen LogP contribution is 2.39. The monoisotopic (exact) mass is 515 g/mol. The quantitative estimate of drug-likeness (QED) is 0.387. The van der Waals surface area contributed by atoms with E-state index < -0.39 is 23.8 Å². The van der Waals surface area contributed by atoms with Crippen molar-refractivity contribution in [2.75, 3.05) is 0 Å². The highest BCUT2D eigenvalue weighted by atomic mass is 35.5. The van der Waals surface area contributed by atoms with Gasteiger partial charge in [0, 0.05) is 23.2 Å². The Morgan fingerprint density at radius 1 is 0.972 bits per heavy atom. The van der Waals surface area contributed by atoms with Crippen LogP contribution in [0.25, 0.3) is 11.0 Å². The Labute approximate surface area is 214 Å². The molecule has 5 nitrogen and oxygen atoms in total. The standard InChI is InChI=1S/C28H32ClF2N3O2/c29-19-13-11-18(12-14-19)26(35)27-33-23-15-21(30)22(31)16-24(23)34(27)25(17-7-3-1-4-8-17)28(36)32-20-9-5-2-6-10-20/h11-17,20,25-26,35H,1-10H2,(H,32,36)/t25?,26-/m1/s1. The van der Waals surface area contributed by atoms with Crippen LogP contribution >= 0.6 is 11.6 Å². The number of carbonyl (C=O) groups is 1. The molecular weight excluding hydrogens is 484 g/mol. The van der Waals surface area contributed by atoms with Crippen molar-refractivity contribution in [1.82, 2.24) is 14.9 Å². The van der Waals surface area contributed by atoms with Crippen molar-refractivity contribution < 1.29 is 18.7 Å². The third-order valence-corrected chi connectivity index (χ3v) is 8.04. The third kappa shape index (κ3) is 5.14. The molecule has 0 spiro atoms. The molecule has 1 heterocycles. The Kier molecular flexibility index (Phi) is 7.58. The van der Waals surface area contributed by atoms with Gasteiger partial charge < -0.3 is 15.0 Å². The van der Waals surface area contributed by atoms with E-state index in [-0.39, 0.29) is 29.2 Å². The molecule has 2 saturated carbocycles. The molecule has 1 aromatic heterocycles. The molecule has 5 rings (SSSR count). The average Bonchev–Trinajstić information content (AvgIpc) is 3.23. The molecule has 3 aromatic rings. The molecule has 2 atom stereocenters. The van der Waals surface area contributed by atoms with E-state index in [0.29, 0.717) is 16.1 Å². The van der Waals surface area contributed by atoms with Crippen molar-refractivity contribution >= 4 is 28.5 Å². The van der Waals surface area contributed by atoms with Crippen molar-refractivity contribution in [3.63, 3.8) is 0 Å². The zero-order valence-electron chi connectivity index (χ0n) is 20.2. The summed E-state index contributed by atoms with van der Waals surface area (Å²) in [6, 6.07) is 8.27. The topological polar surface area (TPSA) is 67.2 Å². The number of halogens is 3. The number of nitrogens with zero attached hydrogens (tertiary/aromatic N) is 2. The maximum absolute atomic E-state index is 14.5. The van der Waals surface area contributed by atoms with Gasteiger partial charge in [0.2, 0.25) is 5.91 Å². The predicted molar refractivity (Wildman–Crippen MR) is 136 cm³/mol. The molecule has 0 bridgehead atoms. The number of rotatable bonds is 6. The van der Waals surface area contributed by atoms with Gasteiger partial charge in [-0.1, -0.05) is 62.3 Å². The summed E-state index contributed by atoms with van der Waals surface area (Å²) in [6.45, 7) is 0. The smallest absolute Gasteiger partial charge is 0.243 e. The van der Waals surface area contributed by atoms with Crippen molar-refractivity contribution in [2.45, 2.75) is 82.4 Å². The van der Waals surface area contributed by atoms with Crippen LogP contribution in [0.5, 0.6) is 0 Å². The number of hydrogen-bond donors (Lipinski definition) is 2. The first-order chi connectivity index (χ1) is 17.4. The average molecular weight is 516 g/mol. The summed E-state index contributed by atoms with van der Waals surface area (Å²) in [5.74, 6) is -1.95. The number of nitrogens with one attached hydrogen (secondary N) is 1. The minimum absolute atomic E-state index is 0.00372. The van der Waals surface area contributed by atoms with Crippen LogP contribution in [-0.2, 0) is 4.79 Å². The lowest BCUT2D eigenvalue weighted by Crippen LogP contribution is -2.44. The normalized spacial score (nSPS) is 19.3. The first-order valence-electron chi connectivity index (χ1n) is 13.0. The van der Waals surface area contributed by atoms with Gasteiger partial charge in [0.05, 0.1) is 11.0 Å². The van der Waals surface area contributed by atoms with Crippen LogP contribution in [0.1, 0.15) is 87.7 Å². The molecular formula is C28H32ClF2N3O2. The van der Waals surface area contributed by atoms with Gasteiger partial charge in [0.25, 0.3) is 0 Å². The third-order valence-electron chi connectivity index (χ3n) is 7.78. The van der Waals surface area contributed by atoms with Crippen LogP contribution in [0, 0.1) is 17.6 Å². The Balaban J connectivity index is 1.64. The summed E-state index contributed by atoms with van der Waals surface area (Å²) in [6.07, 6.45) is 8.83. The van der Waals surface area contributed by atoms with E-state index in [1.54, 1.807) is 28.8 Å². The van der Waals surface area contributed by atoms with E-state index in [1.807, 2.05) is 0 Å². The number of aliphatic hydroxyl groups excluding tert-OH is 1. The number of imidazole rings is 1. The van der Waals surface area contributed by atoms with Gasteiger partial charge in [0.15, 0.2) is 11.6 Å². The number of carbonyl (C=O) groups excluding carboxylic acids is 1. The Morgan fingerprint density at radius 3 is 2.25 bits per heavy atom. The fraction of sp³-hybridized carbons (Fsp3) is 0.500. The summed E-state index contributed by atoms with van der Waals surface area (Å²) < 4.78 is 30.4. The van der Waals surface area contributed by atoms with Gasteiger partial charge in [-0.25, -0.2) is 13.8 Å². The largest absolute Gasteiger partial charge is 0.380 e. The minimum Gasteiger partial charge on any atom is -0.380 e. The van der Waals surface area contributed by atoms with Crippen molar-refractivity contribution in [2.24, 2.45) is 5.92 Å². The lowest BCUT2D eigenvalue weighted by molar-refractivity contribution is -0.127. The summed E-state index contributed by atoms with van der Waals surface area (Å²) in [5, 5.41) is 15.2. The van der Waals surface area contributed by atoms with E-state index in [4.69, 9.17) is 11.6 Å². The van der Waals surface area contributed by atoms with Crippen LogP contribution in [0.3, 0.4) is 0 Å². The molecule has 0 saturated heterocycles. The van der Waals surface area contributed by atoms with Crippen LogP contribution in [-0.4, -0.2) is 26.6 Å². The summed E-state index contributed by atoms with van der Waals surface area (Å²) in [5.41, 5.74) is 1.06. The zero-order valence-corrected chi connectivity index (χ0v) is 21.0. The Morgan fingerprint density at radius 2 is 1.58 bits per heavy atom. The van der Waals surface area contributed by atoms with E-state index in [0.717, 1.165) is 69.9 Å². The van der Waals surface area contributed by atoms with Gasteiger partial charge in [-0.05, 0) is 49.3 Å². The number of benzene rings is 2. The van der Waals surface area contributed by atoms with E-state index in [1.165, 1.54) is 6.42 Å². The predicted octanol–water partition coefficient (Wildman–Crippen LogP) is 6.62. The molecule has 0 aliphatic heterocycles. The first-order valence-corrected chi connectivity index (χ1v) is 13.4. The summed E-state index contributed by atoms with van der Waals surface area (Å²) >= 11 is 6.04. The second kappa shape index (κ2) is 10.9. The van der Waals surface area contributed by atoms with E-state index in [2.05, 4.69) is 10.3 Å². The maximum atomic E-state index is 14.5. The van der Waals surface area contributed by atoms with Crippen LogP contribution < -0.4 is 5.32 Å². The van der Waals surface area contributed by atoms with Crippen molar-refractivity contribution in [3.05, 3.63) is 64.4 Å². The zero-order chi connectivity index (χ0) is 25.2. The van der Waals surface area contributed by atoms with Crippen LogP contribution in [0.4, 0.5) is 8.78 Å². The fourth-order valence-corrected chi connectivity index (χ4v) is 6.04. The fourth-order valence-electron chi connectivity index (χ4n) is 5.91. The van der Waals surface area contributed by atoms with Crippen LogP contribution in [0.15, 0.2) is 36.4 Å².